The van der Waals surface area contributed by atoms with Crippen LogP contribution in [0.4, 0.5) is 0 Å². The Balaban J connectivity index is 1.87. The van der Waals surface area contributed by atoms with Crippen LogP contribution in [0.25, 0.3) is 10.2 Å². The van der Waals surface area contributed by atoms with E-state index >= 15 is 0 Å². The Morgan fingerprint density at radius 1 is 1.15 bits per heavy atom. The van der Waals surface area contributed by atoms with Gasteiger partial charge in [0, 0.05) is 12.3 Å². The summed E-state index contributed by atoms with van der Waals surface area (Å²) >= 11 is 3.39. The Labute approximate surface area is 162 Å². The molecular weight excluding hydrogens is 360 g/mol. The first-order valence-electron chi connectivity index (χ1n) is 8.82. The van der Waals surface area contributed by atoms with Gasteiger partial charge in [0.1, 0.15) is 0 Å². The molecular formula is C21H24N2OS2. The predicted octanol–water partition coefficient (Wildman–Crippen LogP) is 4.86. The number of benzene rings is 2. The van der Waals surface area contributed by atoms with Crippen molar-refractivity contribution in [1.29, 1.82) is 0 Å². The normalized spacial score (nSPS) is 12.2. The number of hydrogen-bond donors (Lipinski definition) is 0. The van der Waals surface area contributed by atoms with Crippen molar-refractivity contribution in [1.82, 2.24) is 4.57 Å². The zero-order chi connectivity index (χ0) is 18.5. The molecule has 0 aliphatic rings. The third kappa shape index (κ3) is 4.46. The number of hydrogen-bond acceptors (Lipinski definition) is 3. The quantitative estimate of drug-likeness (QED) is 0.608. The van der Waals surface area contributed by atoms with E-state index in [1.54, 1.807) is 23.1 Å². The fourth-order valence-electron chi connectivity index (χ4n) is 2.85. The smallest absolute Gasteiger partial charge is 0.252 e. The second kappa shape index (κ2) is 8.69. The van der Waals surface area contributed by atoms with Gasteiger partial charge in [0.25, 0.3) is 5.91 Å². The number of nitrogens with zero attached hydrogens (tertiary/aromatic N) is 2. The molecule has 0 spiro atoms. The highest BCUT2D eigenvalue weighted by Crippen LogP contribution is 2.18. The summed E-state index contributed by atoms with van der Waals surface area (Å²) in [6, 6.07) is 16.5. The summed E-state index contributed by atoms with van der Waals surface area (Å²) in [6.45, 7) is 5.20. The Morgan fingerprint density at radius 3 is 2.58 bits per heavy atom. The molecule has 0 saturated heterocycles. The molecule has 3 nitrogen and oxygen atoms in total. The molecule has 0 saturated carbocycles. The largest absolute Gasteiger partial charge is 0.316 e. The Bertz CT molecular complexity index is 952. The molecule has 1 aromatic heterocycles. The van der Waals surface area contributed by atoms with Crippen LogP contribution in [0, 0.1) is 0 Å². The Hall–Kier alpha value is -1.85. The van der Waals surface area contributed by atoms with E-state index in [2.05, 4.69) is 53.9 Å². The number of rotatable bonds is 6. The minimum absolute atomic E-state index is 0.0910. The van der Waals surface area contributed by atoms with Crippen LogP contribution in [-0.2, 0) is 17.8 Å². The molecule has 0 N–H and O–H groups in total. The van der Waals surface area contributed by atoms with E-state index in [9.17, 15) is 4.79 Å². The van der Waals surface area contributed by atoms with Crippen molar-refractivity contribution < 1.29 is 4.79 Å². The molecule has 0 fully saturated rings. The molecule has 3 rings (SSSR count). The zero-order valence-electron chi connectivity index (χ0n) is 15.4. The van der Waals surface area contributed by atoms with Crippen molar-refractivity contribution in [3.63, 3.8) is 0 Å². The second-order valence-corrected chi connectivity index (χ2v) is 8.57. The van der Waals surface area contributed by atoms with Gasteiger partial charge in [-0.2, -0.15) is 16.8 Å². The number of aryl methyl sites for hydroxylation is 1. The highest BCUT2D eigenvalue weighted by atomic mass is 32.2. The summed E-state index contributed by atoms with van der Waals surface area (Å²) in [6.07, 6.45) is 2.44. The average Bonchev–Trinajstić information content (AvgIpc) is 2.97. The molecule has 5 heteroatoms. The standard InChI is InChI=1S/C21H24N2OS2/c1-15(2)17-10-8-16(9-11-17)14-20(24)22-21-23(12-13-25-3)18-6-4-5-7-19(18)26-21/h4-11,15H,12-14H2,1-3H3. The minimum Gasteiger partial charge on any atom is -0.316 e. The number of thiazole rings is 1. The van der Waals surface area contributed by atoms with Gasteiger partial charge in [-0.25, -0.2) is 0 Å². The van der Waals surface area contributed by atoms with Crippen molar-refractivity contribution in [3.8, 4) is 0 Å². The maximum absolute atomic E-state index is 12.5. The summed E-state index contributed by atoms with van der Waals surface area (Å²) in [5.41, 5.74) is 3.46. The Kier molecular flexibility index (Phi) is 6.33. The fraction of sp³-hybridized carbons (Fsp3) is 0.333. The number of carbonyl (C=O) groups is 1. The van der Waals surface area contributed by atoms with E-state index in [1.807, 2.05) is 24.3 Å². The summed E-state index contributed by atoms with van der Waals surface area (Å²) in [5.74, 6) is 1.41. The van der Waals surface area contributed by atoms with E-state index in [-0.39, 0.29) is 5.91 Å². The van der Waals surface area contributed by atoms with E-state index < -0.39 is 0 Å². The van der Waals surface area contributed by atoms with Gasteiger partial charge in [-0.1, -0.05) is 61.6 Å². The third-order valence-electron chi connectivity index (χ3n) is 4.33. The van der Waals surface area contributed by atoms with Crippen molar-refractivity contribution in [2.45, 2.75) is 32.7 Å². The molecule has 26 heavy (non-hydrogen) atoms. The van der Waals surface area contributed by atoms with Gasteiger partial charge in [0.2, 0.25) is 0 Å². The van der Waals surface area contributed by atoms with Crippen LogP contribution >= 0.6 is 23.1 Å². The molecule has 0 aliphatic carbocycles. The molecule has 2 aromatic carbocycles. The molecule has 1 heterocycles. The lowest BCUT2D eigenvalue weighted by atomic mass is 10.0. The van der Waals surface area contributed by atoms with Gasteiger partial charge >= 0.3 is 0 Å². The van der Waals surface area contributed by atoms with Crippen LogP contribution in [0.15, 0.2) is 53.5 Å². The number of carbonyl (C=O) groups excluding carboxylic acids is 1. The van der Waals surface area contributed by atoms with Crippen LogP contribution in [0.5, 0.6) is 0 Å². The van der Waals surface area contributed by atoms with Crippen LogP contribution in [0.2, 0.25) is 0 Å². The third-order valence-corrected chi connectivity index (χ3v) is 5.98. The maximum Gasteiger partial charge on any atom is 0.252 e. The molecule has 1 amide bonds. The molecule has 0 atom stereocenters. The number of para-hydroxylation sites is 1. The van der Waals surface area contributed by atoms with E-state index in [0.29, 0.717) is 12.3 Å². The number of aromatic nitrogens is 1. The lowest BCUT2D eigenvalue weighted by Gasteiger charge is -2.06. The van der Waals surface area contributed by atoms with E-state index in [1.165, 1.54) is 10.3 Å². The molecule has 136 valence electrons. The SMILES string of the molecule is CSCCn1c(=NC(=O)Cc2ccc(C(C)C)cc2)sc2ccccc21. The van der Waals surface area contributed by atoms with Gasteiger partial charge in [-0.3, -0.25) is 4.79 Å². The Morgan fingerprint density at radius 2 is 1.88 bits per heavy atom. The van der Waals surface area contributed by atoms with E-state index in [4.69, 9.17) is 0 Å². The van der Waals surface area contributed by atoms with Crippen LogP contribution in [0.3, 0.4) is 0 Å². The highest BCUT2D eigenvalue weighted by molar-refractivity contribution is 7.98. The number of amides is 1. The summed E-state index contributed by atoms with van der Waals surface area (Å²) < 4.78 is 3.33. The zero-order valence-corrected chi connectivity index (χ0v) is 17.1. The van der Waals surface area contributed by atoms with Crippen LogP contribution in [-0.4, -0.2) is 22.5 Å². The molecule has 3 aromatic rings. The lowest BCUT2D eigenvalue weighted by Crippen LogP contribution is -2.18. The van der Waals surface area contributed by atoms with Crippen molar-refractivity contribution >= 4 is 39.2 Å². The first kappa shape index (κ1) is 18.9. The van der Waals surface area contributed by atoms with Gasteiger partial charge in [0.05, 0.1) is 16.6 Å². The van der Waals surface area contributed by atoms with Crippen LogP contribution < -0.4 is 4.80 Å². The minimum atomic E-state index is -0.0910. The summed E-state index contributed by atoms with van der Waals surface area (Å²) in [7, 11) is 0. The monoisotopic (exact) mass is 384 g/mol. The topological polar surface area (TPSA) is 34.4 Å². The average molecular weight is 385 g/mol. The molecule has 0 radical (unpaired) electrons. The van der Waals surface area contributed by atoms with Gasteiger partial charge in [0.15, 0.2) is 4.80 Å². The van der Waals surface area contributed by atoms with Gasteiger partial charge in [-0.05, 0) is 35.4 Å². The fourth-order valence-corrected chi connectivity index (χ4v) is 4.28. The second-order valence-electron chi connectivity index (χ2n) is 6.58. The molecule has 0 bridgehead atoms. The van der Waals surface area contributed by atoms with Crippen molar-refractivity contribution in [3.05, 3.63) is 64.5 Å². The maximum atomic E-state index is 12.5. The molecule has 0 aliphatic heterocycles. The first-order valence-corrected chi connectivity index (χ1v) is 11.0. The van der Waals surface area contributed by atoms with E-state index in [0.717, 1.165) is 28.2 Å². The highest BCUT2D eigenvalue weighted by Gasteiger charge is 2.08. The predicted molar refractivity (Wildman–Crippen MR) is 113 cm³/mol. The first-order chi connectivity index (χ1) is 12.6. The van der Waals surface area contributed by atoms with Gasteiger partial charge in [-0.15, -0.1) is 0 Å². The number of fused-ring (bicyclic) bond motifs is 1. The lowest BCUT2D eigenvalue weighted by molar-refractivity contribution is -0.117. The van der Waals surface area contributed by atoms with Gasteiger partial charge < -0.3 is 4.57 Å². The summed E-state index contributed by atoms with van der Waals surface area (Å²) in [5, 5.41) is 0. The van der Waals surface area contributed by atoms with Crippen molar-refractivity contribution in [2.24, 2.45) is 4.99 Å². The molecule has 0 unspecified atom stereocenters. The summed E-state index contributed by atoms with van der Waals surface area (Å²) in [4.78, 5) is 17.8. The van der Waals surface area contributed by atoms with Crippen LogP contribution in [0.1, 0.15) is 30.9 Å². The number of thioether (sulfide) groups is 1. The van der Waals surface area contributed by atoms with Crippen molar-refractivity contribution in [2.75, 3.05) is 12.0 Å².